The van der Waals surface area contributed by atoms with Crippen molar-refractivity contribution in [2.45, 2.75) is 37.8 Å². The lowest BCUT2D eigenvalue weighted by atomic mass is 9.93. The number of aliphatic carboxylic acids is 2. The van der Waals surface area contributed by atoms with E-state index in [4.69, 9.17) is 19.8 Å². The Bertz CT molecular complexity index is 325. The van der Waals surface area contributed by atoms with E-state index in [-0.39, 0.29) is 18.1 Å². The highest BCUT2D eigenvalue weighted by Crippen LogP contribution is 2.17. The highest BCUT2D eigenvalue weighted by Gasteiger charge is 2.20. The molecule has 1 fully saturated rings. The quantitative estimate of drug-likeness (QED) is 0.497. The lowest BCUT2D eigenvalue weighted by Crippen LogP contribution is -2.42. The number of hydrogen-bond donors (Lipinski definition) is 4. The zero-order chi connectivity index (χ0) is 15.7. The smallest absolute Gasteiger partial charge is 0.414 e. The molecule has 4 N–H and O–H groups in total. The molecule has 0 heterocycles. The van der Waals surface area contributed by atoms with Gasteiger partial charge in [-0.25, -0.2) is 9.59 Å². The van der Waals surface area contributed by atoms with Gasteiger partial charge in [0.05, 0.1) is 12.6 Å². The number of carbonyl (C=O) groups is 3. The predicted octanol–water partition coefficient (Wildman–Crippen LogP) is -0.877. The van der Waals surface area contributed by atoms with Gasteiger partial charge in [-0.05, 0) is 39.8 Å². The number of amides is 1. The van der Waals surface area contributed by atoms with E-state index in [1.165, 1.54) is 0 Å². The summed E-state index contributed by atoms with van der Waals surface area (Å²) in [4.78, 5) is 31.4. The fraction of sp³-hybridized carbons (Fsp3) is 0.750. The summed E-state index contributed by atoms with van der Waals surface area (Å²) in [6.07, 6.45) is 3.28. The van der Waals surface area contributed by atoms with Crippen LogP contribution in [0.2, 0.25) is 0 Å². The van der Waals surface area contributed by atoms with Crippen LogP contribution in [0.15, 0.2) is 0 Å². The highest BCUT2D eigenvalue weighted by molar-refractivity contribution is 6.27. The number of carboxylic acids is 2. The van der Waals surface area contributed by atoms with Crippen LogP contribution >= 0.6 is 0 Å². The molecule has 1 amide bonds. The van der Waals surface area contributed by atoms with E-state index in [0.717, 1.165) is 25.7 Å². The largest absolute Gasteiger partial charge is 0.473 e. The van der Waals surface area contributed by atoms with E-state index in [2.05, 4.69) is 5.32 Å². The first kappa shape index (κ1) is 18.3. The lowest BCUT2D eigenvalue weighted by Gasteiger charge is -2.26. The van der Waals surface area contributed by atoms with Gasteiger partial charge >= 0.3 is 11.9 Å². The monoisotopic (exact) mass is 290 g/mol. The summed E-state index contributed by atoms with van der Waals surface area (Å²) in [5.41, 5.74) is 0. The molecule has 8 heteroatoms. The summed E-state index contributed by atoms with van der Waals surface area (Å²) < 4.78 is 0. The van der Waals surface area contributed by atoms with Crippen molar-refractivity contribution >= 4 is 17.8 Å². The summed E-state index contributed by atoms with van der Waals surface area (Å²) in [6.45, 7) is 0.444. The third kappa shape index (κ3) is 9.29. The molecule has 116 valence electrons. The van der Waals surface area contributed by atoms with Gasteiger partial charge < -0.3 is 25.5 Å². The Hall–Kier alpha value is -1.67. The molecule has 1 rings (SSSR count). The van der Waals surface area contributed by atoms with Crippen molar-refractivity contribution in [3.05, 3.63) is 0 Å². The van der Waals surface area contributed by atoms with E-state index >= 15 is 0 Å². The molecule has 0 aromatic carbocycles. The van der Waals surface area contributed by atoms with Crippen LogP contribution in [0.25, 0.3) is 0 Å². The molecule has 0 bridgehead atoms. The van der Waals surface area contributed by atoms with E-state index in [0.29, 0.717) is 6.54 Å². The molecule has 0 unspecified atom stereocenters. The van der Waals surface area contributed by atoms with Gasteiger partial charge in [-0.15, -0.1) is 0 Å². The van der Waals surface area contributed by atoms with Crippen molar-refractivity contribution in [2.75, 3.05) is 20.6 Å². The minimum atomic E-state index is -1.82. The number of aliphatic hydroxyl groups is 1. The summed E-state index contributed by atoms with van der Waals surface area (Å²) in [6, 6.07) is 0.269. The van der Waals surface area contributed by atoms with Crippen molar-refractivity contribution in [3.63, 3.8) is 0 Å². The first-order valence-corrected chi connectivity index (χ1v) is 6.30. The number of nitrogens with one attached hydrogen (secondary N) is 1. The lowest BCUT2D eigenvalue weighted by molar-refractivity contribution is -0.159. The zero-order valence-corrected chi connectivity index (χ0v) is 11.7. The average Bonchev–Trinajstić information content (AvgIpc) is 2.31. The van der Waals surface area contributed by atoms with Crippen LogP contribution in [-0.4, -0.2) is 70.9 Å². The third-order valence-corrected chi connectivity index (χ3v) is 2.70. The average molecular weight is 290 g/mol. The van der Waals surface area contributed by atoms with Crippen LogP contribution in [0.5, 0.6) is 0 Å². The van der Waals surface area contributed by atoms with Crippen LogP contribution in [0.4, 0.5) is 0 Å². The molecular weight excluding hydrogens is 268 g/mol. The van der Waals surface area contributed by atoms with Crippen LogP contribution in [0.1, 0.15) is 25.7 Å². The normalized spacial score (nSPS) is 21.6. The molecule has 20 heavy (non-hydrogen) atoms. The molecule has 0 aromatic heterocycles. The second-order valence-electron chi connectivity index (χ2n) is 4.92. The van der Waals surface area contributed by atoms with Crippen molar-refractivity contribution in [3.8, 4) is 0 Å². The first-order chi connectivity index (χ1) is 9.22. The van der Waals surface area contributed by atoms with Gasteiger partial charge in [-0.2, -0.15) is 0 Å². The van der Waals surface area contributed by atoms with Crippen LogP contribution in [0, 0.1) is 0 Å². The number of aliphatic hydroxyl groups excluding tert-OH is 1. The Kier molecular flexibility index (Phi) is 8.49. The Morgan fingerprint density at radius 3 is 1.85 bits per heavy atom. The van der Waals surface area contributed by atoms with Gasteiger partial charge in [0.2, 0.25) is 5.91 Å². The predicted molar refractivity (Wildman–Crippen MR) is 70.2 cm³/mol. The number of carbonyl (C=O) groups excluding carboxylic acids is 1. The van der Waals surface area contributed by atoms with Crippen LogP contribution < -0.4 is 5.32 Å². The maximum Gasteiger partial charge on any atom is 0.414 e. The molecule has 0 aliphatic heterocycles. The number of hydrogen-bond acceptors (Lipinski definition) is 5. The molecule has 8 nitrogen and oxygen atoms in total. The molecule has 1 aliphatic rings. The van der Waals surface area contributed by atoms with Crippen LogP contribution in [0.3, 0.4) is 0 Å². The fourth-order valence-corrected chi connectivity index (χ4v) is 1.78. The number of rotatable bonds is 3. The second-order valence-corrected chi connectivity index (χ2v) is 4.92. The van der Waals surface area contributed by atoms with Gasteiger partial charge in [0.25, 0.3) is 0 Å². The van der Waals surface area contributed by atoms with Gasteiger partial charge in [-0.3, -0.25) is 4.79 Å². The summed E-state index contributed by atoms with van der Waals surface area (Å²) >= 11 is 0. The van der Waals surface area contributed by atoms with E-state index in [1.807, 2.05) is 19.0 Å². The number of likely N-dealkylation sites (N-methyl/N-ethyl adjacent to an activating group) is 1. The van der Waals surface area contributed by atoms with E-state index in [9.17, 15) is 9.90 Å². The molecule has 0 atom stereocenters. The maximum absolute atomic E-state index is 11.4. The topological polar surface area (TPSA) is 127 Å². The first-order valence-electron chi connectivity index (χ1n) is 6.30. The van der Waals surface area contributed by atoms with Gasteiger partial charge in [-0.1, -0.05) is 0 Å². The zero-order valence-electron chi connectivity index (χ0n) is 11.7. The Labute approximate surface area is 117 Å². The van der Waals surface area contributed by atoms with E-state index in [1.54, 1.807) is 0 Å². The maximum atomic E-state index is 11.4. The SMILES string of the molecule is CN(C)CC(=O)NC1CCC(O)CC1.O=C(O)C(=O)O. The van der Waals surface area contributed by atoms with Crippen LogP contribution in [-0.2, 0) is 14.4 Å². The van der Waals surface area contributed by atoms with Crippen molar-refractivity contribution in [1.82, 2.24) is 10.2 Å². The standard InChI is InChI=1S/C10H20N2O2.C2H2O4/c1-12(2)7-10(14)11-8-3-5-9(13)6-4-8;3-1(4)2(5)6/h8-9,13H,3-7H2,1-2H3,(H,11,14);(H,3,4)(H,5,6). The fourth-order valence-electron chi connectivity index (χ4n) is 1.78. The van der Waals surface area contributed by atoms with Crippen molar-refractivity contribution in [1.29, 1.82) is 0 Å². The van der Waals surface area contributed by atoms with Gasteiger partial charge in [0.15, 0.2) is 0 Å². The molecule has 0 radical (unpaired) electrons. The molecule has 1 saturated carbocycles. The van der Waals surface area contributed by atoms with Crippen molar-refractivity contribution < 1.29 is 29.7 Å². The highest BCUT2D eigenvalue weighted by atomic mass is 16.4. The Morgan fingerprint density at radius 1 is 1.05 bits per heavy atom. The molecule has 0 aromatic rings. The Morgan fingerprint density at radius 2 is 1.50 bits per heavy atom. The van der Waals surface area contributed by atoms with Gasteiger partial charge in [0.1, 0.15) is 0 Å². The number of nitrogens with zero attached hydrogens (tertiary/aromatic N) is 1. The molecule has 0 spiro atoms. The minimum absolute atomic E-state index is 0.0800. The van der Waals surface area contributed by atoms with Gasteiger partial charge in [0, 0.05) is 6.04 Å². The van der Waals surface area contributed by atoms with E-state index < -0.39 is 11.9 Å². The summed E-state index contributed by atoms with van der Waals surface area (Å²) in [5.74, 6) is -3.57. The number of carboxylic acid groups (broad SMARTS) is 2. The molecular formula is C12H22N2O6. The summed E-state index contributed by atoms with van der Waals surface area (Å²) in [7, 11) is 3.76. The minimum Gasteiger partial charge on any atom is -0.473 e. The third-order valence-electron chi connectivity index (χ3n) is 2.70. The second kappa shape index (κ2) is 9.27. The molecule has 0 saturated heterocycles. The molecule has 1 aliphatic carbocycles. The van der Waals surface area contributed by atoms with Crippen molar-refractivity contribution in [2.24, 2.45) is 0 Å². The summed E-state index contributed by atoms with van der Waals surface area (Å²) in [5, 5.41) is 27.0. The Balaban J connectivity index is 0.000000511.